The molecule has 2 aromatic carbocycles. The summed E-state index contributed by atoms with van der Waals surface area (Å²) >= 11 is 0. The summed E-state index contributed by atoms with van der Waals surface area (Å²) in [6.07, 6.45) is 2.30. The van der Waals surface area contributed by atoms with Gasteiger partial charge in [0.05, 0.1) is 24.1 Å². The zero-order valence-electron chi connectivity index (χ0n) is 14.1. The third kappa shape index (κ3) is 4.67. The van der Waals surface area contributed by atoms with Gasteiger partial charge in [-0.2, -0.15) is 0 Å². The van der Waals surface area contributed by atoms with Gasteiger partial charge in [-0.25, -0.2) is 0 Å². The molecule has 0 atom stereocenters. The van der Waals surface area contributed by atoms with Crippen LogP contribution in [-0.2, 0) is 0 Å². The van der Waals surface area contributed by atoms with Crippen LogP contribution in [-0.4, -0.2) is 24.1 Å². The standard InChI is InChI=1S/C18H16N2O6/c1-25-15-7-3-13(4-8-15)11-17(19(21)22)18(20(23)24)12-14-5-9-16(26-2)10-6-14/h3-12H,1-2H3/b17-11+,18-12?. The SMILES string of the molecule is COc1ccc(C=C(/C(=C\c2ccc(OC)cc2)[N+](=O)[O-])[N+](=O)[O-])cc1. The molecule has 0 radical (unpaired) electrons. The van der Waals surface area contributed by atoms with Crippen LogP contribution in [0.2, 0.25) is 0 Å². The smallest absolute Gasteiger partial charge is 0.346 e. The summed E-state index contributed by atoms with van der Waals surface area (Å²) in [7, 11) is 2.99. The first-order chi connectivity index (χ1) is 12.4. The van der Waals surface area contributed by atoms with Crippen LogP contribution in [0.25, 0.3) is 12.2 Å². The van der Waals surface area contributed by atoms with Crippen molar-refractivity contribution in [1.29, 1.82) is 0 Å². The number of nitro groups is 2. The van der Waals surface area contributed by atoms with Crippen molar-refractivity contribution in [2.75, 3.05) is 14.2 Å². The Balaban J connectivity index is 2.47. The highest BCUT2D eigenvalue weighted by atomic mass is 16.6. The fourth-order valence-electron chi connectivity index (χ4n) is 2.16. The summed E-state index contributed by atoms with van der Waals surface area (Å²) < 4.78 is 10.0. The van der Waals surface area contributed by atoms with Crippen molar-refractivity contribution in [1.82, 2.24) is 0 Å². The minimum absolute atomic E-state index is 0.444. The molecule has 0 unspecified atom stereocenters. The van der Waals surface area contributed by atoms with Gasteiger partial charge in [-0.1, -0.05) is 24.3 Å². The van der Waals surface area contributed by atoms with E-state index in [1.54, 1.807) is 48.5 Å². The monoisotopic (exact) mass is 356 g/mol. The fourth-order valence-corrected chi connectivity index (χ4v) is 2.16. The molecule has 0 saturated heterocycles. The van der Waals surface area contributed by atoms with E-state index in [-0.39, 0.29) is 0 Å². The molecule has 0 saturated carbocycles. The molecule has 2 rings (SSSR count). The van der Waals surface area contributed by atoms with Gasteiger partial charge >= 0.3 is 11.4 Å². The van der Waals surface area contributed by atoms with Crippen molar-refractivity contribution >= 4 is 12.2 Å². The molecule has 2 aromatic rings. The van der Waals surface area contributed by atoms with E-state index in [0.717, 1.165) is 12.2 Å². The van der Waals surface area contributed by atoms with Crippen molar-refractivity contribution in [3.63, 3.8) is 0 Å². The lowest BCUT2D eigenvalue weighted by atomic mass is 10.1. The average molecular weight is 356 g/mol. The quantitative estimate of drug-likeness (QED) is 0.426. The van der Waals surface area contributed by atoms with Crippen molar-refractivity contribution in [3.05, 3.63) is 91.3 Å². The summed E-state index contributed by atoms with van der Waals surface area (Å²) in [5.74, 6) is 1.15. The largest absolute Gasteiger partial charge is 0.497 e. The maximum absolute atomic E-state index is 11.4. The van der Waals surface area contributed by atoms with E-state index in [4.69, 9.17) is 9.47 Å². The number of methoxy groups -OCH3 is 2. The number of rotatable bonds is 7. The predicted molar refractivity (Wildman–Crippen MR) is 95.9 cm³/mol. The molecule has 0 spiro atoms. The Hall–Kier alpha value is -3.68. The Kier molecular flexibility index (Phi) is 6.05. The normalized spacial score (nSPS) is 11.8. The van der Waals surface area contributed by atoms with Crippen molar-refractivity contribution in [3.8, 4) is 11.5 Å². The summed E-state index contributed by atoms with van der Waals surface area (Å²) in [4.78, 5) is 21.3. The Morgan fingerprint density at radius 1 is 0.731 bits per heavy atom. The average Bonchev–Trinajstić information content (AvgIpc) is 2.65. The number of hydrogen-bond acceptors (Lipinski definition) is 6. The Morgan fingerprint density at radius 2 is 1.04 bits per heavy atom. The van der Waals surface area contributed by atoms with Gasteiger partial charge < -0.3 is 9.47 Å². The molecule has 0 aromatic heterocycles. The maximum Gasteiger partial charge on any atom is 0.346 e. The molecule has 0 N–H and O–H groups in total. The third-order valence-corrected chi connectivity index (χ3v) is 3.49. The predicted octanol–water partition coefficient (Wildman–Crippen LogP) is 3.64. The van der Waals surface area contributed by atoms with E-state index >= 15 is 0 Å². The van der Waals surface area contributed by atoms with Gasteiger partial charge in [0.1, 0.15) is 11.5 Å². The van der Waals surface area contributed by atoms with Crippen molar-refractivity contribution in [2.24, 2.45) is 0 Å². The molecule has 8 nitrogen and oxygen atoms in total. The lowest BCUT2D eigenvalue weighted by Gasteiger charge is -2.01. The molecule has 26 heavy (non-hydrogen) atoms. The van der Waals surface area contributed by atoms with Crippen LogP contribution in [0.4, 0.5) is 0 Å². The highest BCUT2D eigenvalue weighted by molar-refractivity contribution is 5.62. The van der Waals surface area contributed by atoms with E-state index in [0.29, 0.717) is 22.6 Å². The second-order valence-corrected chi connectivity index (χ2v) is 5.12. The molecule has 134 valence electrons. The second-order valence-electron chi connectivity index (χ2n) is 5.12. The molecule has 8 heteroatoms. The molecule has 0 amide bonds. The molecular weight excluding hydrogens is 340 g/mol. The summed E-state index contributed by atoms with van der Waals surface area (Å²) in [5, 5.41) is 22.8. The summed E-state index contributed by atoms with van der Waals surface area (Å²) in [6, 6.07) is 12.8. The third-order valence-electron chi connectivity index (χ3n) is 3.49. The molecule has 0 fully saturated rings. The highest BCUT2D eigenvalue weighted by Crippen LogP contribution is 2.22. The van der Waals surface area contributed by atoms with E-state index in [9.17, 15) is 20.2 Å². The first-order valence-electron chi connectivity index (χ1n) is 7.45. The van der Waals surface area contributed by atoms with Gasteiger partial charge in [-0.15, -0.1) is 0 Å². The lowest BCUT2D eigenvalue weighted by molar-refractivity contribution is -0.477. The highest BCUT2D eigenvalue weighted by Gasteiger charge is 2.28. The van der Waals surface area contributed by atoms with E-state index in [2.05, 4.69) is 0 Å². The molecular formula is C18H16N2O6. The van der Waals surface area contributed by atoms with Crippen molar-refractivity contribution < 1.29 is 19.3 Å². The topological polar surface area (TPSA) is 105 Å². The van der Waals surface area contributed by atoms with Crippen LogP contribution >= 0.6 is 0 Å². The van der Waals surface area contributed by atoms with Crippen LogP contribution in [0.5, 0.6) is 11.5 Å². The van der Waals surface area contributed by atoms with Crippen LogP contribution in [0, 0.1) is 20.2 Å². The maximum atomic E-state index is 11.4. The zero-order valence-corrected chi connectivity index (χ0v) is 14.1. The Bertz CT molecular complexity index is 781. The fraction of sp³-hybridized carbons (Fsp3) is 0.111. The molecule has 0 aliphatic rings. The molecule has 0 heterocycles. The van der Waals surface area contributed by atoms with E-state index in [1.165, 1.54) is 14.2 Å². The first-order valence-corrected chi connectivity index (χ1v) is 7.45. The molecule has 0 aliphatic carbocycles. The van der Waals surface area contributed by atoms with Gasteiger partial charge in [0.2, 0.25) is 0 Å². The van der Waals surface area contributed by atoms with Crippen LogP contribution < -0.4 is 9.47 Å². The summed E-state index contributed by atoms with van der Waals surface area (Å²) in [6.45, 7) is 0. The number of ether oxygens (including phenoxy) is 2. The molecule has 0 bridgehead atoms. The number of hydrogen-bond donors (Lipinski definition) is 0. The van der Waals surface area contributed by atoms with Crippen LogP contribution in [0.15, 0.2) is 59.9 Å². The van der Waals surface area contributed by atoms with Crippen molar-refractivity contribution in [2.45, 2.75) is 0 Å². The Labute approximate surface area is 149 Å². The van der Waals surface area contributed by atoms with Gasteiger partial charge in [0, 0.05) is 12.2 Å². The minimum Gasteiger partial charge on any atom is -0.497 e. The van der Waals surface area contributed by atoms with Gasteiger partial charge in [-0.05, 0) is 35.4 Å². The van der Waals surface area contributed by atoms with Crippen LogP contribution in [0.1, 0.15) is 11.1 Å². The molecule has 0 aliphatic heterocycles. The number of benzene rings is 2. The van der Waals surface area contributed by atoms with Gasteiger partial charge in [0.15, 0.2) is 0 Å². The summed E-state index contributed by atoms with van der Waals surface area (Å²) in [5.41, 5.74) is -0.341. The van der Waals surface area contributed by atoms with Crippen LogP contribution in [0.3, 0.4) is 0 Å². The minimum atomic E-state index is -0.775. The van der Waals surface area contributed by atoms with E-state index in [1.807, 2.05) is 0 Å². The van der Waals surface area contributed by atoms with Gasteiger partial charge in [-0.3, -0.25) is 20.2 Å². The van der Waals surface area contributed by atoms with Gasteiger partial charge in [0.25, 0.3) is 0 Å². The first kappa shape index (κ1) is 18.7. The van der Waals surface area contributed by atoms with E-state index < -0.39 is 21.2 Å². The lowest BCUT2D eigenvalue weighted by Crippen LogP contribution is -2.09. The number of nitrogens with zero attached hydrogens (tertiary/aromatic N) is 2. The second kappa shape index (κ2) is 8.43. The zero-order chi connectivity index (χ0) is 19.1. The Morgan fingerprint density at radius 3 is 1.27 bits per heavy atom.